The van der Waals surface area contributed by atoms with E-state index in [1.54, 1.807) is 48.3 Å². The highest BCUT2D eigenvalue weighted by Crippen LogP contribution is 2.16. The van der Waals surface area contributed by atoms with Crippen LogP contribution in [0.1, 0.15) is 20.8 Å². The number of anilines is 1. The van der Waals surface area contributed by atoms with Crippen LogP contribution in [0.2, 0.25) is 0 Å². The van der Waals surface area contributed by atoms with Gasteiger partial charge in [0, 0.05) is 37.2 Å². The first-order valence-electron chi connectivity index (χ1n) is 5.88. The summed E-state index contributed by atoms with van der Waals surface area (Å²) in [5.74, 6) is 0.679. The number of ether oxygens (including phenoxy) is 1. The first-order valence-corrected chi connectivity index (χ1v) is 5.88. The number of carbonyl (C=O) groups is 1. The van der Waals surface area contributed by atoms with Gasteiger partial charge in [-0.15, -0.1) is 0 Å². The Morgan fingerprint density at radius 2 is 1.84 bits per heavy atom. The van der Waals surface area contributed by atoms with Crippen molar-refractivity contribution in [1.29, 1.82) is 0 Å². The molecule has 0 saturated carbocycles. The Morgan fingerprint density at radius 3 is 2.37 bits per heavy atom. The van der Waals surface area contributed by atoms with Crippen LogP contribution in [0.5, 0.6) is 0 Å². The summed E-state index contributed by atoms with van der Waals surface area (Å²) in [5.41, 5.74) is -0.513. The number of nitrogens with zero attached hydrogens (tertiary/aromatic N) is 4. The Labute approximate surface area is 112 Å². The van der Waals surface area contributed by atoms with E-state index in [9.17, 15) is 4.79 Å². The second-order valence-electron chi connectivity index (χ2n) is 4.95. The molecule has 19 heavy (non-hydrogen) atoms. The summed E-state index contributed by atoms with van der Waals surface area (Å²) < 4.78 is 5.26. The predicted octanol–water partition coefficient (Wildman–Crippen LogP) is 2.48. The minimum atomic E-state index is -0.513. The van der Waals surface area contributed by atoms with E-state index in [1.807, 2.05) is 20.8 Å². The molecule has 1 amide bonds. The van der Waals surface area contributed by atoms with Gasteiger partial charge in [0.05, 0.1) is 6.20 Å². The van der Waals surface area contributed by atoms with E-state index in [1.165, 1.54) is 4.90 Å². The fraction of sp³-hybridized carbons (Fsp3) is 0.308. The van der Waals surface area contributed by atoms with Gasteiger partial charge in [0.1, 0.15) is 5.60 Å². The van der Waals surface area contributed by atoms with Crippen LogP contribution in [0.15, 0.2) is 43.4 Å². The van der Waals surface area contributed by atoms with E-state index >= 15 is 0 Å². The van der Waals surface area contributed by atoms with E-state index in [0.29, 0.717) is 5.82 Å². The molecule has 0 fully saturated rings. The van der Waals surface area contributed by atoms with Gasteiger partial charge in [-0.3, -0.25) is 9.88 Å². The van der Waals surface area contributed by atoms with Gasteiger partial charge in [0.25, 0.3) is 0 Å². The van der Waals surface area contributed by atoms with E-state index < -0.39 is 11.7 Å². The van der Waals surface area contributed by atoms with Crippen LogP contribution in [-0.2, 0) is 4.74 Å². The molecule has 0 aliphatic carbocycles. The van der Waals surface area contributed by atoms with Gasteiger partial charge >= 0.3 is 6.09 Å². The molecule has 1 aromatic heterocycles. The fourth-order valence-corrected chi connectivity index (χ4v) is 1.40. The van der Waals surface area contributed by atoms with Crippen LogP contribution in [-0.4, -0.2) is 26.6 Å². The Balaban J connectivity index is 2.01. The Kier molecular flexibility index (Phi) is 3.50. The molecule has 0 spiro atoms. The summed E-state index contributed by atoms with van der Waals surface area (Å²) >= 11 is 0. The molecule has 2 heterocycles. The molecule has 0 atom stereocenters. The zero-order valence-corrected chi connectivity index (χ0v) is 11.1. The monoisotopic (exact) mass is 260 g/mol. The van der Waals surface area contributed by atoms with Crippen LogP contribution in [0.25, 0.3) is 0 Å². The van der Waals surface area contributed by atoms with Gasteiger partial charge in [-0.05, 0) is 20.8 Å². The van der Waals surface area contributed by atoms with Crippen LogP contribution < -0.4 is 4.90 Å². The average molecular weight is 260 g/mol. The molecule has 6 heteroatoms. The molecule has 0 radical (unpaired) electrons. The third-order valence-corrected chi connectivity index (χ3v) is 2.19. The number of hydrogen-bond donors (Lipinski definition) is 0. The number of rotatable bonds is 1. The van der Waals surface area contributed by atoms with Gasteiger partial charge < -0.3 is 9.64 Å². The molecule has 0 saturated heterocycles. The molecule has 100 valence electrons. The zero-order chi connectivity index (χ0) is 13.9. The lowest BCUT2D eigenvalue weighted by molar-refractivity contribution is 0.0398. The van der Waals surface area contributed by atoms with Gasteiger partial charge in [0.2, 0.25) is 0 Å². The molecule has 1 aliphatic rings. The zero-order valence-electron chi connectivity index (χ0n) is 11.1. The summed E-state index contributed by atoms with van der Waals surface area (Å²) in [6.07, 6.45) is 11.1. The molecule has 0 bridgehead atoms. The van der Waals surface area contributed by atoms with Crippen molar-refractivity contribution in [3.05, 3.63) is 43.4 Å². The molecule has 6 nitrogen and oxygen atoms in total. The van der Waals surface area contributed by atoms with Gasteiger partial charge in [-0.1, -0.05) is 0 Å². The molecule has 2 rings (SSSR count). The predicted molar refractivity (Wildman–Crippen MR) is 70.9 cm³/mol. The van der Waals surface area contributed by atoms with Crippen molar-refractivity contribution in [1.82, 2.24) is 14.9 Å². The minimum Gasteiger partial charge on any atom is -0.443 e. The van der Waals surface area contributed by atoms with Crippen molar-refractivity contribution in [3.8, 4) is 0 Å². The highest BCUT2D eigenvalue weighted by atomic mass is 16.6. The van der Waals surface area contributed by atoms with Gasteiger partial charge in [0.15, 0.2) is 5.82 Å². The molecule has 1 aromatic rings. The molecule has 0 unspecified atom stereocenters. The Morgan fingerprint density at radius 1 is 1.16 bits per heavy atom. The normalized spacial score (nSPS) is 14.7. The second-order valence-corrected chi connectivity index (χ2v) is 4.95. The van der Waals surface area contributed by atoms with E-state index in [2.05, 4.69) is 9.97 Å². The summed E-state index contributed by atoms with van der Waals surface area (Å²) in [4.78, 5) is 23.1. The first-order chi connectivity index (χ1) is 8.96. The summed E-state index contributed by atoms with van der Waals surface area (Å²) in [6.45, 7) is 5.48. The van der Waals surface area contributed by atoms with Crippen LogP contribution in [0, 0.1) is 0 Å². The Bertz CT molecular complexity index is 491. The highest BCUT2D eigenvalue weighted by molar-refractivity contribution is 5.71. The van der Waals surface area contributed by atoms with Crippen LogP contribution >= 0.6 is 0 Å². The quantitative estimate of drug-likeness (QED) is 0.776. The summed E-state index contributed by atoms with van der Waals surface area (Å²) in [7, 11) is 0. The van der Waals surface area contributed by atoms with Crippen LogP contribution in [0.4, 0.5) is 10.6 Å². The van der Waals surface area contributed by atoms with Crippen molar-refractivity contribution < 1.29 is 9.53 Å². The van der Waals surface area contributed by atoms with Crippen LogP contribution in [0.3, 0.4) is 0 Å². The largest absolute Gasteiger partial charge is 0.443 e. The lowest BCUT2D eigenvalue weighted by Crippen LogP contribution is -2.32. The third-order valence-electron chi connectivity index (χ3n) is 2.19. The van der Waals surface area contributed by atoms with Gasteiger partial charge in [-0.25, -0.2) is 9.78 Å². The third kappa shape index (κ3) is 3.54. The maximum atomic E-state index is 11.8. The van der Waals surface area contributed by atoms with Crippen molar-refractivity contribution >= 4 is 11.9 Å². The van der Waals surface area contributed by atoms with Crippen molar-refractivity contribution in [2.24, 2.45) is 0 Å². The molecule has 0 N–H and O–H groups in total. The lowest BCUT2D eigenvalue weighted by atomic mass is 10.2. The van der Waals surface area contributed by atoms with Crippen molar-refractivity contribution in [2.45, 2.75) is 26.4 Å². The summed E-state index contributed by atoms with van der Waals surface area (Å²) in [5, 5.41) is 0. The SMILES string of the molecule is CC(C)(C)OC(=O)N1C=CN(c2cnccn2)C=C1. The topological polar surface area (TPSA) is 58.6 Å². The van der Waals surface area contributed by atoms with E-state index in [0.717, 1.165) is 0 Å². The molecular weight excluding hydrogens is 244 g/mol. The number of hydrogen-bond acceptors (Lipinski definition) is 5. The Hall–Kier alpha value is -2.37. The smallest absolute Gasteiger partial charge is 0.418 e. The van der Waals surface area contributed by atoms with Crippen molar-refractivity contribution in [2.75, 3.05) is 4.90 Å². The summed E-state index contributed by atoms with van der Waals surface area (Å²) in [6, 6.07) is 0. The molecule has 1 aliphatic heterocycles. The maximum absolute atomic E-state index is 11.8. The fourth-order valence-electron chi connectivity index (χ4n) is 1.40. The lowest BCUT2D eigenvalue weighted by Gasteiger charge is -2.26. The second kappa shape index (κ2) is 5.09. The maximum Gasteiger partial charge on any atom is 0.418 e. The van der Waals surface area contributed by atoms with Crippen molar-refractivity contribution in [3.63, 3.8) is 0 Å². The van der Waals surface area contributed by atoms with E-state index in [4.69, 9.17) is 4.74 Å². The number of carbonyl (C=O) groups excluding carboxylic acids is 1. The standard InChI is InChI=1S/C13H16N4O2/c1-13(2,3)19-12(18)17-8-6-16(7-9-17)11-10-14-4-5-15-11/h4-10H,1-3H3. The van der Waals surface area contributed by atoms with Gasteiger partial charge in [-0.2, -0.15) is 0 Å². The average Bonchev–Trinajstić information content (AvgIpc) is 2.38. The molecule has 0 aromatic carbocycles. The molecular formula is C13H16N4O2. The number of amides is 1. The first kappa shape index (κ1) is 13.1. The minimum absolute atomic E-state index is 0.418. The highest BCUT2D eigenvalue weighted by Gasteiger charge is 2.21. The number of aromatic nitrogens is 2. The van der Waals surface area contributed by atoms with E-state index in [-0.39, 0.29) is 0 Å².